The molecular weight excluding hydrogens is 748 g/mol. The summed E-state index contributed by atoms with van der Waals surface area (Å²) in [5, 5.41) is 0. The molecule has 0 radical (unpaired) electrons. The largest absolute Gasteiger partial charge is 0.530 e. The molecule has 4 aromatic carbocycles. The Kier molecular flexibility index (Phi) is 14.7. The van der Waals surface area contributed by atoms with Crippen molar-refractivity contribution >= 4 is 17.2 Å². The van der Waals surface area contributed by atoms with Crippen molar-refractivity contribution in [1.82, 2.24) is 4.98 Å². The van der Waals surface area contributed by atoms with Gasteiger partial charge in [0.05, 0.1) is 0 Å². The minimum absolute atomic E-state index is 0.220. The third-order valence-electron chi connectivity index (χ3n) is 9.67. The lowest BCUT2D eigenvalue weighted by molar-refractivity contribution is 0.0877. The van der Waals surface area contributed by atoms with E-state index in [4.69, 9.17) is 32.1 Å². The lowest BCUT2D eigenvalue weighted by Gasteiger charge is -2.31. The zero-order chi connectivity index (χ0) is 41.6. The molecule has 57 heavy (non-hydrogen) atoms. The first-order chi connectivity index (χ1) is 26.9. The van der Waals surface area contributed by atoms with Crippen LogP contribution >= 0.6 is 17.2 Å². The van der Waals surface area contributed by atoms with Crippen LogP contribution in [0, 0.1) is 27.7 Å². The summed E-state index contributed by atoms with van der Waals surface area (Å²) in [7, 11) is -4.07. The van der Waals surface area contributed by atoms with E-state index in [1.807, 2.05) is 38.1 Å². The van der Waals surface area contributed by atoms with Crippen molar-refractivity contribution in [3.8, 4) is 28.7 Å². The van der Waals surface area contributed by atoms with Gasteiger partial charge in [-0.3, -0.25) is 9.51 Å². The van der Waals surface area contributed by atoms with Crippen LogP contribution in [0.5, 0.6) is 28.7 Å². The molecule has 0 aliphatic heterocycles. The Labute approximate surface area is 344 Å². The van der Waals surface area contributed by atoms with Crippen LogP contribution in [-0.2, 0) is 10.1 Å². The van der Waals surface area contributed by atoms with E-state index < -0.39 is 22.8 Å². The molecule has 1 heterocycles. The van der Waals surface area contributed by atoms with Gasteiger partial charge in [-0.25, -0.2) is 0 Å². The molecule has 0 amide bonds. The van der Waals surface area contributed by atoms with Crippen LogP contribution in [0.15, 0.2) is 91.1 Å². The number of nitrogens with zero attached hydrogens (tertiary/aromatic N) is 1. The van der Waals surface area contributed by atoms with Gasteiger partial charge in [0.2, 0.25) is 0 Å². The topological polar surface area (TPSA) is 68.3 Å². The van der Waals surface area contributed by atoms with E-state index in [2.05, 4.69) is 144 Å². The van der Waals surface area contributed by atoms with Crippen molar-refractivity contribution in [1.29, 1.82) is 0 Å². The fourth-order valence-corrected chi connectivity index (χ4v) is 8.72. The van der Waals surface area contributed by atoms with Crippen molar-refractivity contribution < 1.29 is 27.1 Å². The van der Waals surface area contributed by atoms with Gasteiger partial charge in [-0.15, -0.1) is 0 Å². The Bertz CT molecular complexity index is 2010. The van der Waals surface area contributed by atoms with Crippen LogP contribution in [0.4, 0.5) is 0 Å². The van der Waals surface area contributed by atoms with Gasteiger partial charge >= 0.3 is 17.2 Å². The highest BCUT2D eigenvalue weighted by Gasteiger charge is 2.37. The van der Waals surface area contributed by atoms with Gasteiger partial charge < -0.3 is 22.6 Å². The molecule has 0 N–H and O–H groups in total. The second-order valence-electron chi connectivity index (χ2n) is 16.6. The summed E-state index contributed by atoms with van der Waals surface area (Å²) >= 11 is 0. The van der Waals surface area contributed by atoms with Crippen LogP contribution in [0.2, 0.25) is 0 Å². The van der Waals surface area contributed by atoms with Crippen LogP contribution in [0.25, 0.3) is 0 Å². The molecular formula is C48H61NO6P2. The number of hydrogen-bond acceptors (Lipinski definition) is 7. The Morgan fingerprint density at radius 2 is 0.754 bits per heavy atom. The number of aryl methyl sites for hydroxylation is 4. The van der Waals surface area contributed by atoms with Crippen LogP contribution in [0.1, 0.15) is 143 Å². The van der Waals surface area contributed by atoms with Gasteiger partial charge in [-0.05, 0) is 146 Å². The quantitative estimate of drug-likeness (QED) is 0.0867. The van der Waals surface area contributed by atoms with E-state index in [1.54, 1.807) is 6.20 Å². The standard InChI is InChI=1S/C48H61NO6P2/c1-30(2)38-21-17-34(9)26-43(38)51-56(52-44-27-35(10)18-22-39(44)31(3)4)50-42-16-15-25-49-47(42)48(13,14)55-57(53-45-28-36(11)19-23-40(45)32(5)6)54-46-29-37(12)20-24-41(46)33(7)8/h15-33H,1-14H3. The first kappa shape index (κ1) is 44.0. The van der Waals surface area contributed by atoms with Crippen LogP contribution in [-0.4, -0.2) is 4.98 Å². The van der Waals surface area contributed by atoms with E-state index in [0.717, 1.165) is 67.5 Å². The number of aromatic nitrogens is 1. The lowest BCUT2D eigenvalue weighted by atomic mass is 10.0. The van der Waals surface area contributed by atoms with E-state index in [0.29, 0.717) is 11.4 Å². The van der Waals surface area contributed by atoms with Gasteiger partial charge in [0.25, 0.3) is 0 Å². The molecule has 0 atom stereocenters. The van der Waals surface area contributed by atoms with Crippen LogP contribution < -0.4 is 22.6 Å². The molecule has 5 aromatic rings. The van der Waals surface area contributed by atoms with E-state index in [9.17, 15) is 0 Å². The summed E-state index contributed by atoms with van der Waals surface area (Å²) < 4.78 is 41.0. The average Bonchev–Trinajstić information content (AvgIpc) is 3.11. The first-order valence-corrected chi connectivity index (χ1v) is 22.2. The fraction of sp³-hybridized carbons (Fsp3) is 0.396. The molecule has 0 aliphatic carbocycles. The van der Waals surface area contributed by atoms with Gasteiger partial charge in [-0.1, -0.05) is 104 Å². The molecule has 0 fully saturated rings. The second kappa shape index (κ2) is 19.1. The zero-order valence-electron chi connectivity index (χ0n) is 36.3. The maximum Gasteiger partial charge on any atom is 0.530 e. The molecule has 0 bridgehead atoms. The maximum absolute atomic E-state index is 6.98. The third-order valence-corrected chi connectivity index (χ3v) is 12.0. The smallest absolute Gasteiger partial charge is 0.417 e. The van der Waals surface area contributed by atoms with Crippen molar-refractivity contribution in [2.45, 2.75) is 126 Å². The number of rotatable bonds is 17. The van der Waals surface area contributed by atoms with E-state index in [-0.39, 0.29) is 23.7 Å². The molecule has 7 nitrogen and oxygen atoms in total. The molecule has 5 rings (SSSR count). The zero-order valence-corrected chi connectivity index (χ0v) is 38.0. The van der Waals surface area contributed by atoms with Gasteiger partial charge in [-0.2, -0.15) is 0 Å². The highest BCUT2D eigenvalue weighted by molar-refractivity contribution is 7.43. The van der Waals surface area contributed by atoms with Crippen LogP contribution in [0.3, 0.4) is 0 Å². The summed E-state index contributed by atoms with van der Waals surface area (Å²) in [6.45, 7) is 29.4. The number of hydrogen-bond donors (Lipinski definition) is 0. The predicted octanol–water partition coefficient (Wildman–Crippen LogP) is 15.2. The highest BCUT2D eigenvalue weighted by atomic mass is 31.2. The third kappa shape index (κ3) is 11.5. The minimum Gasteiger partial charge on any atom is -0.417 e. The summed E-state index contributed by atoms with van der Waals surface area (Å²) in [6.07, 6.45) is 1.74. The van der Waals surface area contributed by atoms with Gasteiger partial charge in [0.1, 0.15) is 34.3 Å². The average molecular weight is 810 g/mol. The Balaban J connectivity index is 1.57. The monoisotopic (exact) mass is 809 g/mol. The second-order valence-corrected chi connectivity index (χ2v) is 18.6. The normalized spacial score (nSPS) is 12.0. The van der Waals surface area contributed by atoms with Gasteiger partial charge in [0.15, 0.2) is 5.75 Å². The molecule has 1 aromatic heterocycles. The fourth-order valence-electron chi connectivity index (χ4n) is 6.45. The van der Waals surface area contributed by atoms with E-state index in [1.165, 1.54) is 0 Å². The van der Waals surface area contributed by atoms with Crippen molar-refractivity contribution in [2.75, 3.05) is 0 Å². The number of pyridine rings is 1. The maximum atomic E-state index is 6.98. The molecule has 0 saturated heterocycles. The predicted molar refractivity (Wildman–Crippen MR) is 236 cm³/mol. The summed E-state index contributed by atoms with van der Waals surface area (Å²) in [6, 6.07) is 28.8. The Morgan fingerprint density at radius 1 is 0.439 bits per heavy atom. The Hall–Kier alpha value is -4.15. The number of benzene rings is 4. The lowest BCUT2D eigenvalue weighted by Crippen LogP contribution is -2.24. The van der Waals surface area contributed by atoms with E-state index >= 15 is 0 Å². The molecule has 0 unspecified atom stereocenters. The van der Waals surface area contributed by atoms with Crippen molar-refractivity contribution in [2.24, 2.45) is 0 Å². The highest BCUT2D eigenvalue weighted by Crippen LogP contribution is 2.53. The molecule has 0 saturated carbocycles. The molecule has 0 spiro atoms. The van der Waals surface area contributed by atoms with Crippen molar-refractivity contribution in [3.63, 3.8) is 0 Å². The molecule has 304 valence electrons. The molecule has 9 heteroatoms. The summed E-state index contributed by atoms with van der Waals surface area (Å²) in [5.41, 5.74) is 8.09. The minimum atomic E-state index is -2.04. The van der Waals surface area contributed by atoms with Crippen molar-refractivity contribution in [3.05, 3.63) is 141 Å². The first-order valence-electron chi connectivity index (χ1n) is 20.0. The Morgan fingerprint density at radius 3 is 1.09 bits per heavy atom. The van der Waals surface area contributed by atoms with Gasteiger partial charge in [0, 0.05) is 6.20 Å². The molecule has 0 aliphatic rings. The summed E-state index contributed by atoms with van der Waals surface area (Å²) in [5.74, 6) is 4.25. The summed E-state index contributed by atoms with van der Waals surface area (Å²) in [4.78, 5) is 4.87. The SMILES string of the molecule is Cc1ccc(C(C)C)c(OP(Oc2cc(C)ccc2C(C)C)Oc2cccnc2C(C)(C)OP(Oc2cc(C)ccc2C(C)C)Oc2cc(C)ccc2C(C)C)c1.